The summed E-state index contributed by atoms with van der Waals surface area (Å²) in [5.41, 5.74) is 2.01. The van der Waals surface area contributed by atoms with Gasteiger partial charge in [0.1, 0.15) is 0 Å². The smallest absolute Gasteiger partial charge is 0.00104 e. The third-order valence-corrected chi connectivity index (χ3v) is 4.05. The summed E-state index contributed by atoms with van der Waals surface area (Å²) in [5.74, 6) is 0.847. The molecule has 0 saturated heterocycles. The van der Waals surface area contributed by atoms with Gasteiger partial charge in [-0.05, 0) is 46.7 Å². The average molecular weight is 209 g/mol. The van der Waals surface area contributed by atoms with Crippen LogP contribution in [0, 0.1) is 5.92 Å². The van der Waals surface area contributed by atoms with Gasteiger partial charge in [-0.3, -0.25) is 0 Å². The summed E-state index contributed by atoms with van der Waals surface area (Å²) in [6.07, 6.45) is 1.35. The summed E-state index contributed by atoms with van der Waals surface area (Å²) in [7, 11) is 0. The molecule has 0 spiro atoms. The zero-order valence-electron chi connectivity index (χ0n) is 9.21. The molecule has 1 aliphatic carbocycles. The fourth-order valence-electron chi connectivity index (χ4n) is 2.07. The molecule has 1 heterocycles. The van der Waals surface area contributed by atoms with Crippen LogP contribution in [0.25, 0.3) is 0 Å². The molecule has 1 aromatic rings. The van der Waals surface area contributed by atoms with Gasteiger partial charge in [0, 0.05) is 6.04 Å². The molecule has 1 saturated carbocycles. The van der Waals surface area contributed by atoms with E-state index in [-0.39, 0.29) is 0 Å². The number of nitrogens with one attached hydrogen (secondary N) is 1. The van der Waals surface area contributed by atoms with Crippen LogP contribution in [0.3, 0.4) is 0 Å². The Morgan fingerprint density at radius 1 is 1.64 bits per heavy atom. The van der Waals surface area contributed by atoms with Gasteiger partial charge in [0.05, 0.1) is 0 Å². The van der Waals surface area contributed by atoms with E-state index in [2.05, 4.69) is 42.9 Å². The van der Waals surface area contributed by atoms with Crippen LogP contribution in [0.4, 0.5) is 0 Å². The SMILES string of the molecule is CC(C)NCC1CC1(C)c1ccsc1. The Bertz CT molecular complexity index is 291. The van der Waals surface area contributed by atoms with Crippen LogP contribution in [-0.2, 0) is 5.41 Å². The van der Waals surface area contributed by atoms with Crippen molar-refractivity contribution in [3.63, 3.8) is 0 Å². The highest BCUT2D eigenvalue weighted by atomic mass is 32.1. The number of hydrogen-bond donors (Lipinski definition) is 1. The Morgan fingerprint density at radius 2 is 2.43 bits per heavy atom. The fraction of sp³-hybridized carbons (Fsp3) is 0.667. The van der Waals surface area contributed by atoms with Gasteiger partial charge in [0.15, 0.2) is 0 Å². The van der Waals surface area contributed by atoms with Crippen molar-refractivity contribution in [3.8, 4) is 0 Å². The third-order valence-electron chi connectivity index (χ3n) is 3.36. The predicted molar refractivity (Wildman–Crippen MR) is 62.9 cm³/mol. The van der Waals surface area contributed by atoms with Crippen molar-refractivity contribution < 1.29 is 0 Å². The second-order valence-corrected chi connectivity index (χ2v) is 5.67. The van der Waals surface area contributed by atoms with E-state index in [1.807, 2.05) is 11.3 Å². The summed E-state index contributed by atoms with van der Waals surface area (Å²) in [6, 6.07) is 2.89. The Hall–Kier alpha value is -0.340. The average Bonchev–Trinajstić information content (AvgIpc) is 2.63. The summed E-state index contributed by atoms with van der Waals surface area (Å²) in [5, 5.41) is 8.02. The molecule has 2 heteroatoms. The van der Waals surface area contributed by atoms with Crippen molar-refractivity contribution in [1.82, 2.24) is 5.32 Å². The van der Waals surface area contributed by atoms with E-state index in [9.17, 15) is 0 Å². The quantitative estimate of drug-likeness (QED) is 0.804. The Kier molecular flexibility index (Phi) is 2.67. The third kappa shape index (κ3) is 1.86. The minimum Gasteiger partial charge on any atom is -0.314 e. The van der Waals surface area contributed by atoms with Crippen molar-refractivity contribution in [2.75, 3.05) is 6.54 Å². The van der Waals surface area contributed by atoms with Crippen molar-refractivity contribution >= 4 is 11.3 Å². The zero-order chi connectivity index (χ0) is 10.2. The standard InChI is InChI=1S/C12H19NS/c1-9(2)13-7-11-6-12(11,3)10-4-5-14-8-10/h4-5,8-9,11,13H,6-7H2,1-3H3. The Labute approximate surface area is 90.5 Å². The number of hydrogen-bond acceptors (Lipinski definition) is 2. The fourth-order valence-corrected chi connectivity index (χ4v) is 2.87. The van der Waals surface area contributed by atoms with Gasteiger partial charge in [0.2, 0.25) is 0 Å². The molecule has 14 heavy (non-hydrogen) atoms. The van der Waals surface area contributed by atoms with Crippen LogP contribution < -0.4 is 5.32 Å². The monoisotopic (exact) mass is 209 g/mol. The summed E-state index contributed by atoms with van der Waals surface area (Å²) in [6.45, 7) is 7.99. The maximum absolute atomic E-state index is 3.53. The van der Waals surface area contributed by atoms with E-state index in [0.29, 0.717) is 11.5 Å². The van der Waals surface area contributed by atoms with E-state index < -0.39 is 0 Å². The van der Waals surface area contributed by atoms with Crippen LogP contribution >= 0.6 is 11.3 Å². The predicted octanol–water partition coefficient (Wildman–Crippen LogP) is 3.02. The van der Waals surface area contributed by atoms with Crippen LogP contribution in [0.1, 0.15) is 32.8 Å². The first-order chi connectivity index (χ1) is 6.63. The number of thiophene rings is 1. The summed E-state index contributed by atoms with van der Waals surface area (Å²) >= 11 is 1.81. The van der Waals surface area contributed by atoms with Crippen LogP contribution in [0.15, 0.2) is 16.8 Å². The minimum atomic E-state index is 0.474. The van der Waals surface area contributed by atoms with Crippen LogP contribution in [-0.4, -0.2) is 12.6 Å². The molecule has 2 rings (SSSR count). The lowest BCUT2D eigenvalue weighted by Gasteiger charge is -2.11. The van der Waals surface area contributed by atoms with Crippen LogP contribution in [0.5, 0.6) is 0 Å². The summed E-state index contributed by atoms with van der Waals surface area (Å²) < 4.78 is 0. The largest absolute Gasteiger partial charge is 0.314 e. The van der Waals surface area contributed by atoms with Gasteiger partial charge in [0.25, 0.3) is 0 Å². The molecule has 0 radical (unpaired) electrons. The Morgan fingerprint density at radius 3 is 3.00 bits per heavy atom. The molecule has 1 fully saturated rings. The van der Waals surface area contributed by atoms with Gasteiger partial charge in [-0.15, -0.1) is 0 Å². The van der Waals surface area contributed by atoms with Gasteiger partial charge in [-0.1, -0.05) is 20.8 Å². The highest BCUT2D eigenvalue weighted by Gasteiger charge is 2.50. The molecule has 2 unspecified atom stereocenters. The van der Waals surface area contributed by atoms with Crippen molar-refractivity contribution in [3.05, 3.63) is 22.4 Å². The molecule has 78 valence electrons. The molecule has 1 aromatic heterocycles. The second-order valence-electron chi connectivity index (χ2n) is 4.89. The minimum absolute atomic E-state index is 0.474. The normalized spacial score (nSPS) is 31.0. The number of rotatable bonds is 4. The van der Waals surface area contributed by atoms with E-state index in [1.165, 1.54) is 18.5 Å². The van der Waals surface area contributed by atoms with Crippen molar-refractivity contribution in [2.24, 2.45) is 5.92 Å². The van der Waals surface area contributed by atoms with Gasteiger partial charge >= 0.3 is 0 Å². The molecule has 1 aliphatic rings. The molecule has 0 aromatic carbocycles. The molecule has 0 amide bonds. The topological polar surface area (TPSA) is 12.0 Å². The Balaban J connectivity index is 1.90. The van der Waals surface area contributed by atoms with Crippen molar-refractivity contribution in [1.29, 1.82) is 0 Å². The van der Waals surface area contributed by atoms with Crippen LogP contribution in [0.2, 0.25) is 0 Å². The van der Waals surface area contributed by atoms with Crippen molar-refractivity contribution in [2.45, 2.75) is 38.6 Å². The van der Waals surface area contributed by atoms with E-state index in [1.54, 1.807) is 0 Å². The molecule has 1 N–H and O–H groups in total. The lowest BCUT2D eigenvalue weighted by molar-refractivity contribution is 0.528. The highest BCUT2D eigenvalue weighted by Crippen LogP contribution is 2.53. The molecule has 1 nitrogen and oxygen atoms in total. The van der Waals surface area contributed by atoms with E-state index in [0.717, 1.165) is 5.92 Å². The first kappa shape index (κ1) is 10.2. The molecular formula is C12H19NS. The summed E-state index contributed by atoms with van der Waals surface area (Å²) in [4.78, 5) is 0. The molecule has 0 aliphatic heterocycles. The molecular weight excluding hydrogens is 190 g/mol. The van der Waals surface area contributed by atoms with E-state index >= 15 is 0 Å². The maximum Gasteiger partial charge on any atom is 0.00104 e. The second kappa shape index (κ2) is 3.67. The zero-order valence-corrected chi connectivity index (χ0v) is 10.0. The van der Waals surface area contributed by atoms with Gasteiger partial charge in [-0.25, -0.2) is 0 Å². The maximum atomic E-state index is 3.53. The lowest BCUT2D eigenvalue weighted by Crippen LogP contribution is -2.26. The first-order valence-electron chi connectivity index (χ1n) is 5.39. The molecule has 2 atom stereocenters. The first-order valence-corrected chi connectivity index (χ1v) is 6.33. The highest BCUT2D eigenvalue weighted by molar-refractivity contribution is 7.08. The molecule has 0 bridgehead atoms. The lowest BCUT2D eigenvalue weighted by atomic mass is 9.99. The van der Waals surface area contributed by atoms with Gasteiger partial charge in [-0.2, -0.15) is 11.3 Å². The van der Waals surface area contributed by atoms with E-state index in [4.69, 9.17) is 0 Å². The van der Waals surface area contributed by atoms with Gasteiger partial charge < -0.3 is 5.32 Å².